The van der Waals surface area contributed by atoms with E-state index in [-0.39, 0.29) is 0 Å². The molecule has 128 valence electrons. The quantitative estimate of drug-likeness (QED) is 0.773. The Kier molecular flexibility index (Phi) is 5.61. The number of aromatic nitrogens is 2. The van der Waals surface area contributed by atoms with Crippen LogP contribution in [-0.2, 0) is 0 Å². The van der Waals surface area contributed by atoms with E-state index in [1.54, 1.807) is 0 Å². The molecule has 3 rings (SSSR count). The van der Waals surface area contributed by atoms with Crippen molar-refractivity contribution >= 4 is 29.0 Å². The summed E-state index contributed by atoms with van der Waals surface area (Å²) < 4.78 is 0. The largest absolute Gasteiger partial charge is 0.367 e. The van der Waals surface area contributed by atoms with E-state index < -0.39 is 0 Å². The number of aryl methyl sites for hydroxylation is 1. The lowest BCUT2D eigenvalue weighted by Gasteiger charge is -2.30. The zero-order chi connectivity index (χ0) is 16.9. The van der Waals surface area contributed by atoms with E-state index in [1.165, 1.54) is 24.2 Å². The van der Waals surface area contributed by atoms with Gasteiger partial charge in [0.1, 0.15) is 5.82 Å². The number of hydrogen-bond donors (Lipinski definition) is 1. The third-order valence-corrected chi connectivity index (χ3v) is 5.17. The van der Waals surface area contributed by atoms with E-state index in [0.717, 1.165) is 36.1 Å². The molecule has 1 aromatic carbocycles. The Labute approximate surface area is 149 Å². The number of nitrogens with zero attached hydrogens (tertiary/aromatic N) is 3. The normalized spacial score (nSPS) is 14.9. The Morgan fingerprint density at radius 2 is 1.88 bits per heavy atom. The van der Waals surface area contributed by atoms with E-state index >= 15 is 0 Å². The van der Waals surface area contributed by atoms with Crippen molar-refractivity contribution < 1.29 is 0 Å². The van der Waals surface area contributed by atoms with Crippen LogP contribution in [0.15, 0.2) is 35.4 Å². The summed E-state index contributed by atoms with van der Waals surface area (Å²) in [6, 6.07) is 8.46. The molecule has 0 unspecified atom stereocenters. The molecule has 0 spiro atoms. The number of thioether (sulfide) groups is 1. The van der Waals surface area contributed by atoms with Crippen molar-refractivity contribution in [2.75, 3.05) is 23.3 Å². The second-order valence-corrected chi connectivity index (χ2v) is 8.10. The van der Waals surface area contributed by atoms with E-state index in [4.69, 9.17) is 4.98 Å². The number of rotatable bonds is 5. The molecule has 1 aliphatic heterocycles. The van der Waals surface area contributed by atoms with Gasteiger partial charge < -0.3 is 10.2 Å². The fourth-order valence-electron chi connectivity index (χ4n) is 2.98. The molecule has 2 aromatic rings. The van der Waals surface area contributed by atoms with Crippen molar-refractivity contribution in [3.63, 3.8) is 0 Å². The Morgan fingerprint density at radius 1 is 1.12 bits per heavy atom. The number of para-hydroxylation sites is 1. The molecule has 0 atom stereocenters. The van der Waals surface area contributed by atoms with Crippen LogP contribution in [0.4, 0.5) is 17.2 Å². The molecule has 0 saturated carbocycles. The molecule has 1 saturated heterocycles. The lowest BCUT2D eigenvalue weighted by atomic mass is 10.1. The summed E-state index contributed by atoms with van der Waals surface area (Å²) in [5, 5.41) is 4.11. The minimum Gasteiger partial charge on any atom is -0.367 e. The Morgan fingerprint density at radius 3 is 2.62 bits per heavy atom. The summed E-state index contributed by atoms with van der Waals surface area (Å²) in [4.78, 5) is 12.8. The Hall–Kier alpha value is -1.75. The second-order valence-electron chi connectivity index (χ2n) is 6.49. The summed E-state index contributed by atoms with van der Waals surface area (Å²) in [5.74, 6) is 1.72. The molecule has 0 radical (unpaired) electrons. The highest BCUT2D eigenvalue weighted by Gasteiger charge is 2.17. The number of nitrogens with one attached hydrogen (secondary N) is 1. The lowest BCUT2D eigenvalue weighted by molar-refractivity contribution is 0.577. The predicted molar refractivity (Wildman–Crippen MR) is 104 cm³/mol. The molecule has 1 aliphatic rings. The van der Waals surface area contributed by atoms with Gasteiger partial charge in [0.2, 0.25) is 0 Å². The standard InChI is InChI=1S/C19H26N4S/c1-14(2)24-18-10-6-5-9-16(18)22-19-17(13-20-15(3)21-19)23-11-7-4-8-12-23/h5-6,9-10,13-14H,4,7-8,11-12H2,1-3H3,(H,20,21,22). The van der Waals surface area contributed by atoms with Crippen LogP contribution < -0.4 is 10.2 Å². The van der Waals surface area contributed by atoms with Gasteiger partial charge in [0, 0.05) is 23.2 Å². The fourth-order valence-corrected chi connectivity index (χ4v) is 3.89. The summed E-state index contributed by atoms with van der Waals surface area (Å²) >= 11 is 1.87. The molecule has 0 aliphatic carbocycles. The van der Waals surface area contributed by atoms with Gasteiger partial charge in [0.15, 0.2) is 5.82 Å². The summed E-state index contributed by atoms with van der Waals surface area (Å²) in [5.41, 5.74) is 2.23. The molecular formula is C19H26N4S. The zero-order valence-electron chi connectivity index (χ0n) is 14.7. The first kappa shape index (κ1) is 17.1. The average Bonchev–Trinajstić information content (AvgIpc) is 2.57. The lowest BCUT2D eigenvalue weighted by Crippen LogP contribution is -2.30. The molecule has 0 bridgehead atoms. The third-order valence-electron chi connectivity index (χ3n) is 4.09. The molecule has 5 heteroatoms. The van der Waals surface area contributed by atoms with E-state index in [2.05, 4.69) is 53.3 Å². The summed E-state index contributed by atoms with van der Waals surface area (Å²) in [7, 11) is 0. The third kappa shape index (κ3) is 4.20. The molecule has 0 amide bonds. The van der Waals surface area contributed by atoms with Gasteiger partial charge in [-0.2, -0.15) is 0 Å². The SMILES string of the molecule is Cc1ncc(N2CCCCC2)c(Nc2ccccc2SC(C)C)n1. The van der Waals surface area contributed by atoms with Gasteiger partial charge in [-0.1, -0.05) is 26.0 Å². The molecule has 1 fully saturated rings. The summed E-state index contributed by atoms with van der Waals surface area (Å²) in [6.07, 6.45) is 5.77. The maximum Gasteiger partial charge on any atom is 0.157 e. The zero-order valence-corrected chi connectivity index (χ0v) is 15.6. The van der Waals surface area contributed by atoms with Gasteiger partial charge in [0.25, 0.3) is 0 Å². The van der Waals surface area contributed by atoms with Crippen molar-refractivity contribution in [2.45, 2.75) is 50.2 Å². The van der Waals surface area contributed by atoms with Crippen molar-refractivity contribution in [3.8, 4) is 0 Å². The highest BCUT2D eigenvalue weighted by molar-refractivity contribution is 8.00. The molecule has 2 heterocycles. The minimum atomic E-state index is 0.543. The van der Waals surface area contributed by atoms with Crippen molar-refractivity contribution in [3.05, 3.63) is 36.3 Å². The fraction of sp³-hybridized carbons (Fsp3) is 0.474. The number of hydrogen-bond acceptors (Lipinski definition) is 5. The minimum absolute atomic E-state index is 0.543. The molecule has 4 nitrogen and oxygen atoms in total. The number of anilines is 3. The molecule has 24 heavy (non-hydrogen) atoms. The first-order valence-corrected chi connectivity index (χ1v) is 9.63. The van der Waals surface area contributed by atoms with Gasteiger partial charge in [-0.25, -0.2) is 9.97 Å². The van der Waals surface area contributed by atoms with Gasteiger partial charge in [-0.05, 0) is 38.3 Å². The van der Waals surface area contributed by atoms with Crippen molar-refractivity contribution in [1.82, 2.24) is 9.97 Å². The van der Waals surface area contributed by atoms with Crippen LogP contribution in [0.2, 0.25) is 0 Å². The average molecular weight is 343 g/mol. The highest BCUT2D eigenvalue weighted by atomic mass is 32.2. The smallest absolute Gasteiger partial charge is 0.157 e. The maximum atomic E-state index is 4.69. The molecule has 1 aromatic heterocycles. The van der Waals surface area contributed by atoms with Gasteiger partial charge >= 0.3 is 0 Å². The van der Waals surface area contributed by atoms with Crippen LogP contribution in [0.5, 0.6) is 0 Å². The van der Waals surface area contributed by atoms with Crippen LogP contribution in [0, 0.1) is 6.92 Å². The monoisotopic (exact) mass is 342 g/mol. The predicted octanol–water partition coefficient (Wildman–Crippen LogP) is 5.02. The van der Waals surface area contributed by atoms with Crippen LogP contribution >= 0.6 is 11.8 Å². The Bertz CT molecular complexity index is 681. The van der Waals surface area contributed by atoms with E-state index in [0.29, 0.717) is 5.25 Å². The molecule has 1 N–H and O–H groups in total. The number of piperidine rings is 1. The van der Waals surface area contributed by atoms with Crippen LogP contribution in [0.25, 0.3) is 0 Å². The summed E-state index contributed by atoms with van der Waals surface area (Å²) in [6.45, 7) is 8.55. The van der Waals surface area contributed by atoms with Gasteiger partial charge in [-0.15, -0.1) is 11.8 Å². The molecular weight excluding hydrogens is 316 g/mol. The first-order chi connectivity index (χ1) is 11.6. The first-order valence-electron chi connectivity index (χ1n) is 8.75. The van der Waals surface area contributed by atoms with E-state index in [9.17, 15) is 0 Å². The van der Waals surface area contributed by atoms with Crippen LogP contribution in [0.1, 0.15) is 38.9 Å². The Balaban J connectivity index is 1.91. The highest BCUT2D eigenvalue weighted by Crippen LogP contribution is 2.34. The maximum absolute atomic E-state index is 4.69. The number of benzene rings is 1. The van der Waals surface area contributed by atoms with Crippen molar-refractivity contribution in [1.29, 1.82) is 0 Å². The second kappa shape index (κ2) is 7.88. The van der Waals surface area contributed by atoms with Crippen molar-refractivity contribution in [2.24, 2.45) is 0 Å². The van der Waals surface area contributed by atoms with Crippen LogP contribution in [-0.4, -0.2) is 28.3 Å². The van der Waals surface area contributed by atoms with Crippen LogP contribution in [0.3, 0.4) is 0 Å². The topological polar surface area (TPSA) is 41.1 Å². The van der Waals surface area contributed by atoms with Gasteiger partial charge in [0.05, 0.1) is 17.6 Å². The van der Waals surface area contributed by atoms with Gasteiger partial charge in [-0.3, -0.25) is 0 Å². The van der Waals surface area contributed by atoms with E-state index in [1.807, 2.05) is 24.9 Å².